The molecule has 114 valence electrons. The Balaban J connectivity index is 1.94. The number of halogens is 1. The number of amides is 1. The molecule has 1 aliphatic heterocycles. The molecular formula is C15H19ClN2O3. The van der Waals surface area contributed by atoms with Gasteiger partial charge in [-0.1, -0.05) is 18.0 Å². The predicted molar refractivity (Wildman–Crippen MR) is 81.9 cm³/mol. The lowest BCUT2D eigenvalue weighted by atomic mass is 10.0. The zero-order chi connectivity index (χ0) is 15.2. The fourth-order valence-electron chi connectivity index (χ4n) is 2.50. The number of likely N-dealkylation sites (tertiary alicyclic amines) is 1. The average molecular weight is 311 g/mol. The minimum atomic E-state index is -0.149. The van der Waals surface area contributed by atoms with Crippen molar-refractivity contribution < 1.29 is 14.3 Å². The van der Waals surface area contributed by atoms with Gasteiger partial charge in [0.05, 0.1) is 24.7 Å². The number of benzene rings is 1. The first-order chi connectivity index (χ1) is 10.1. The second kappa shape index (κ2) is 7.43. The Kier molecular flexibility index (Phi) is 5.59. The number of anilines is 1. The van der Waals surface area contributed by atoms with Gasteiger partial charge in [-0.25, -0.2) is 0 Å². The number of ether oxygens (including phenoxy) is 1. The fraction of sp³-hybridized carbons (Fsp3) is 0.467. The summed E-state index contributed by atoms with van der Waals surface area (Å²) in [5, 5.41) is 3.23. The second-order valence-corrected chi connectivity index (χ2v) is 5.47. The first-order valence-electron chi connectivity index (χ1n) is 6.97. The van der Waals surface area contributed by atoms with Crippen molar-refractivity contribution in [3.05, 3.63) is 23.2 Å². The van der Waals surface area contributed by atoms with Crippen molar-refractivity contribution in [2.45, 2.75) is 25.3 Å². The Morgan fingerprint density at radius 3 is 3.00 bits per heavy atom. The van der Waals surface area contributed by atoms with Gasteiger partial charge in [0.1, 0.15) is 12.0 Å². The molecule has 1 saturated heterocycles. The highest BCUT2D eigenvalue weighted by atomic mass is 35.5. The van der Waals surface area contributed by atoms with Crippen LogP contribution in [0, 0.1) is 0 Å². The second-order valence-electron chi connectivity index (χ2n) is 5.07. The summed E-state index contributed by atoms with van der Waals surface area (Å²) >= 11 is 6.02. The highest BCUT2D eigenvalue weighted by molar-refractivity contribution is 6.32. The number of carbonyl (C=O) groups is 2. The number of nitrogens with one attached hydrogen (secondary N) is 1. The van der Waals surface area contributed by atoms with Crippen molar-refractivity contribution >= 4 is 29.5 Å². The number of hydrogen-bond donors (Lipinski definition) is 1. The first-order valence-corrected chi connectivity index (χ1v) is 7.34. The van der Waals surface area contributed by atoms with Gasteiger partial charge >= 0.3 is 0 Å². The maximum Gasteiger partial charge on any atom is 0.238 e. The third-order valence-corrected chi connectivity index (χ3v) is 3.90. The van der Waals surface area contributed by atoms with E-state index in [0.717, 1.165) is 32.1 Å². The van der Waals surface area contributed by atoms with Crippen molar-refractivity contribution in [3.63, 3.8) is 0 Å². The Bertz CT molecular complexity index is 522. The highest BCUT2D eigenvalue weighted by Crippen LogP contribution is 2.27. The van der Waals surface area contributed by atoms with Crippen LogP contribution in [0.5, 0.6) is 5.75 Å². The van der Waals surface area contributed by atoms with Crippen LogP contribution in [-0.4, -0.2) is 43.3 Å². The summed E-state index contributed by atoms with van der Waals surface area (Å²) in [5.41, 5.74) is 0.616. The molecule has 0 spiro atoms. The third kappa shape index (κ3) is 4.19. The predicted octanol–water partition coefficient (Wildman–Crippen LogP) is 2.34. The lowest BCUT2D eigenvalue weighted by Gasteiger charge is -2.31. The zero-order valence-corrected chi connectivity index (χ0v) is 12.7. The Morgan fingerprint density at radius 2 is 2.33 bits per heavy atom. The van der Waals surface area contributed by atoms with Gasteiger partial charge in [0, 0.05) is 5.69 Å². The molecule has 0 saturated carbocycles. The van der Waals surface area contributed by atoms with Gasteiger partial charge in [0.25, 0.3) is 0 Å². The summed E-state index contributed by atoms with van der Waals surface area (Å²) in [6.07, 6.45) is 3.81. The van der Waals surface area contributed by atoms with Crippen LogP contribution >= 0.6 is 11.6 Å². The molecule has 0 bridgehead atoms. The summed E-state index contributed by atoms with van der Waals surface area (Å²) in [7, 11) is 1.54. The monoisotopic (exact) mass is 310 g/mol. The van der Waals surface area contributed by atoms with Crippen molar-refractivity contribution in [1.82, 2.24) is 4.90 Å². The lowest BCUT2D eigenvalue weighted by molar-refractivity contribution is -0.120. The number of nitrogens with zero attached hydrogens (tertiary/aromatic N) is 1. The van der Waals surface area contributed by atoms with Gasteiger partial charge in [-0.15, -0.1) is 0 Å². The molecule has 1 aliphatic rings. The highest BCUT2D eigenvalue weighted by Gasteiger charge is 2.23. The number of aldehydes is 1. The fourth-order valence-corrected chi connectivity index (χ4v) is 2.75. The van der Waals surface area contributed by atoms with Crippen LogP contribution in [0.4, 0.5) is 5.69 Å². The van der Waals surface area contributed by atoms with E-state index in [1.165, 1.54) is 7.11 Å². The summed E-state index contributed by atoms with van der Waals surface area (Å²) in [4.78, 5) is 25.0. The molecule has 21 heavy (non-hydrogen) atoms. The largest absolute Gasteiger partial charge is 0.495 e. The molecule has 1 atom stereocenters. The van der Waals surface area contributed by atoms with Crippen molar-refractivity contribution in [2.24, 2.45) is 0 Å². The summed E-state index contributed by atoms with van der Waals surface area (Å²) in [5.74, 6) is 0.414. The van der Waals surface area contributed by atoms with E-state index in [1.807, 2.05) is 4.90 Å². The number of hydrogen-bond acceptors (Lipinski definition) is 4. The molecule has 1 N–H and O–H groups in total. The van der Waals surface area contributed by atoms with Crippen LogP contribution < -0.4 is 10.1 Å². The summed E-state index contributed by atoms with van der Waals surface area (Å²) in [6, 6.07) is 4.93. The van der Waals surface area contributed by atoms with E-state index in [4.69, 9.17) is 16.3 Å². The van der Waals surface area contributed by atoms with E-state index in [9.17, 15) is 9.59 Å². The van der Waals surface area contributed by atoms with Crippen molar-refractivity contribution in [2.75, 3.05) is 25.5 Å². The number of methoxy groups -OCH3 is 1. The Hall–Kier alpha value is -1.59. The van der Waals surface area contributed by atoms with Gasteiger partial charge < -0.3 is 14.8 Å². The van der Waals surface area contributed by atoms with Gasteiger partial charge in [-0.3, -0.25) is 9.69 Å². The van der Waals surface area contributed by atoms with E-state index >= 15 is 0 Å². The topological polar surface area (TPSA) is 58.6 Å². The number of carbonyl (C=O) groups excluding carboxylic acids is 2. The maximum absolute atomic E-state index is 12.1. The number of piperidine rings is 1. The summed E-state index contributed by atoms with van der Waals surface area (Å²) in [6.45, 7) is 0.993. The maximum atomic E-state index is 12.1. The molecule has 1 aromatic rings. The zero-order valence-electron chi connectivity index (χ0n) is 12.0. The molecule has 1 fully saturated rings. The van der Waals surface area contributed by atoms with Gasteiger partial charge in [0.2, 0.25) is 5.91 Å². The SMILES string of the molecule is COc1ccc(NC(=O)CN2CCCCC2C=O)cc1Cl. The quantitative estimate of drug-likeness (QED) is 0.848. The first kappa shape index (κ1) is 15.8. The minimum Gasteiger partial charge on any atom is -0.495 e. The average Bonchev–Trinajstić information content (AvgIpc) is 2.48. The van der Waals surface area contributed by atoms with E-state index in [1.54, 1.807) is 18.2 Å². The van der Waals surface area contributed by atoms with Crippen LogP contribution in [0.25, 0.3) is 0 Å². The van der Waals surface area contributed by atoms with E-state index in [2.05, 4.69) is 5.32 Å². The van der Waals surface area contributed by atoms with Crippen LogP contribution in [0.3, 0.4) is 0 Å². The van der Waals surface area contributed by atoms with E-state index in [-0.39, 0.29) is 18.5 Å². The smallest absolute Gasteiger partial charge is 0.238 e. The van der Waals surface area contributed by atoms with Crippen LogP contribution in [0.2, 0.25) is 5.02 Å². The Labute approximate surface area is 129 Å². The van der Waals surface area contributed by atoms with E-state index in [0.29, 0.717) is 16.5 Å². The van der Waals surface area contributed by atoms with Crippen molar-refractivity contribution in [3.8, 4) is 5.75 Å². The summed E-state index contributed by atoms with van der Waals surface area (Å²) < 4.78 is 5.06. The molecule has 1 unspecified atom stereocenters. The molecule has 5 nitrogen and oxygen atoms in total. The number of rotatable bonds is 5. The third-order valence-electron chi connectivity index (χ3n) is 3.60. The minimum absolute atomic E-state index is 0.148. The lowest BCUT2D eigenvalue weighted by Crippen LogP contribution is -2.44. The molecule has 0 aliphatic carbocycles. The molecule has 1 amide bonds. The normalized spacial score (nSPS) is 19.0. The van der Waals surface area contributed by atoms with Crippen LogP contribution in [-0.2, 0) is 9.59 Å². The molecular weight excluding hydrogens is 292 g/mol. The van der Waals surface area contributed by atoms with Crippen LogP contribution in [0.15, 0.2) is 18.2 Å². The standard InChI is InChI=1S/C15H19ClN2O3/c1-21-14-6-5-11(8-13(14)16)17-15(20)9-18-7-3-2-4-12(18)10-19/h5-6,8,10,12H,2-4,7,9H2,1H3,(H,17,20). The van der Waals surface area contributed by atoms with E-state index < -0.39 is 0 Å². The molecule has 6 heteroatoms. The van der Waals surface area contributed by atoms with Gasteiger partial charge in [-0.2, -0.15) is 0 Å². The van der Waals surface area contributed by atoms with Crippen molar-refractivity contribution in [1.29, 1.82) is 0 Å². The molecule has 1 heterocycles. The van der Waals surface area contributed by atoms with Gasteiger partial charge in [0.15, 0.2) is 0 Å². The molecule has 2 rings (SSSR count). The molecule has 0 radical (unpaired) electrons. The Morgan fingerprint density at radius 1 is 1.52 bits per heavy atom. The van der Waals surface area contributed by atoms with Crippen LogP contribution in [0.1, 0.15) is 19.3 Å². The molecule has 1 aromatic carbocycles. The molecule has 0 aromatic heterocycles. The van der Waals surface area contributed by atoms with Gasteiger partial charge in [-0.05, 0) is 37.6 Å².